The van der Waals surface area contributed by atoms with Gasteiger partial charge in [-0.15, -0.1) is 12.4 Å². The standard InChI is InChI=1S/C17H25N3O.ClH/c18-15-5-2-1-4-14(15)12-17(21)20-11-3-6-16(20)13-7-9-19-10-8-13;/h7-10,14-16H,1-6,11-12,18H2;1H. The Kier molecular flexibility index (Phi) is 6.21. The first-order valence-electron chi connectivity index (χ1n) is 8.20. The van der Waals surface area contributed by atoms with E-state index in [-0.39, 0.29) is 30.4 Å². The third-order valence-electron chi connectivity index (χ3n) is 5.07. The van der Waals surface area contributed by atoms with Gasteiger partial charge in [0.1, 0.15) is 0 Å². The summed E-state index contributed by atoms with van der Waals surface area (Å²) in [5.74, 6) is 0.668. The van der Waals surface area contributed by atoms with Gasteiger partial charge >= 0.3 is 0 Å². The fourth-order valence-electron chi connectivity index (χ4n) is 3.83. The normalized spacial score (nSPS) is 28.2. The predicted octanol–water partition coefficient (Wildman–Crippen LogP) is 3.07. The average molecular weight is 324 g/mol. The Morgan fingerprint density at radius 1 is 1.18 bits per heavy atom. The van der Waals surface area contributed by atoms with Crippen LogP contribution in [0.4, 0.5) is 0 Å². The molecule has 4 nitrogen and oxygen atoms in total. The lowest BCUT2D eigenvalue weighted by atomic mass is 9.82. The Morgan fingerprint density at radius 2 is 1.91 bits per heavy atom. The van der Waals surface area contributed by atoms with Crippen LogP contribution in [0.2, 0.25) is 0 Å². The van der Waals surface area contributed by atoms with Gasteiger partial charge < -0.3 is 10.6 Å². The summed E-state index contributed by atoms with van der Waals surface area (Å²) < 4.78 is 0. The first kappa shape index (κ1) is 17.2. The number of hydrogen-bond donors (Lipinski definition) is 1. The van der Waals surface area contributed by atoms with Crippen molar-refractivity contribution in [3.8, 4) is 0 Å². The molecule has 5 heteroatoms. The summed E-state index contributed by atoms with van der Waals surface area (Å²) in [7, 11) is 0. The van der Waals surface area contributed by atoms with Gasteiger partial charge in [0.2, 0.25) is 5.91 Å². The second kappa shape index (κ2) is 7.93. The molecule has 2 heterocycles. The highest BCUT2D eigenvalue weighted by Crippen LogP contribution is 2.34. The van der Waals surface area contributed by atoms with Gasteiger partial charge in [-0.25, -0.2) is 0 Å². The second-order valence-corrected chi connectivity index (χ2v) is 6.44. The molecule has 1 aromatic rings. The highest BCUT2D eigenvalue weighted by Gasteiger charge is 2.32. The van der Waals surface area contributed by atoms with E-state index >= 15 is 0 Å². The van der Waals surface area contributed by atoms with Gasteiger partial charge in [-0.3, -0.25) is 9.78 Å². The van der Waals surface area contributed by atoms with Crippen LogP contribution < -0.4 is 5.73 Å². The third-order valence-corrected chi connectivity index (χ3v) is 5.07. The van der Waals surface area contributed by atoms with E-state index < -0.39 is 0 Å². The smallest absolute Gasteiger partial charge is 0.223 e. The molecule has 2 N–H and O–H groups in total. The first-order valence-corrected chi connectivity index (χ1v) is 8.20. The Bertz CT molecular complexity index is 482. The van der Waals surface area contributed by atoms with Gasteiger partial charge in [-0.2, -0.15) is 0 Å². The Morgan fingerprint density at radius 3 is 2.64 bits per heavy atom. The molecule has 0 bridgehead atoms. The molecule has 122 valence electrons. The number of nitrogens with zero attached hydrogens (tertiary/aromatic N) is 2. The van der Waals surface area contributed by atoms with E-state index in [0.717, 1.165) is 32.2 Å². The Balaban J connectivity index is 0.00000176. The number of carbonyl (C=O) groups excluding carboxylic acids is 1. The van der Waals surface area contributed by atoms with Crippen LogP contribution >= 0.6 is 12.4 Å². The van der Waals surface area contributed by atoms with E-state index in [2.05, 4.69) is 9.88 Å². The summed E-state index contributed by atoms with van der Waals surface area (Å²) in [6, 6.07) is 4.51. The zero-order valence-corrected chi connectivity index (χ0v) is 13.8. The zero-order valence-electron chi connectivity index (χ0n) is 13.0. The monoisotopic (exact) mass is 323 g/mol. The summed E-state index contributed by atoms with van der Waals surface area (Å²) in [5, 5.41) is 0. The summed E-state index contributed by atoms with van der Waals surface area (Å²) in [6.07, 6.45) is 11.0. The van der Waals surface area contributed by atoms with E-state index in [1.165, 1.54) is 18.4 Å². The lowest BCUT2D eigenvalue weighted by Gasteiger charge is -2.31. The molecular formula is C17H26ClN3O. The number of amides is 1. The van der Waals surface area contributed by atoms with Crippen molar-refractivity contribution >= 4 is 18.3 Å². The largest absolute Gasteiger partial charge is 0.336 e. The quantitative estimate of drug-likeness (QED) is 0.930. The maximum Gasteiger partial charge on any atom is 0.223 e. The van der Waals surface area contributed by atoms with E-state index in [9.17, 15) is 4.79 Å². The van der Waals surface area contributed by atoms with Crippen LogP contribution in [0.3, 0.4) is 0 Å². The molecule has 0 spiro atoms. The fraction of sp³-hybridized carbons (Fsp3) is 0.647. The van der Waals surface area contributed by atoms with Crippen molar-refractivity contribution in [2.24, 2.45) is 11.7 Å². The molecule has 1 aromatic heterocycles. The fourth-order valence-corrected chi connectivity index (χ4v) is 3.83. The summed E-state index contributed by atoms with van der Waals surface area (Å²) in [5.41, 5.74) is 7.40. The Labute approximate surface area is 138 Å². The van der Waals surface area contributed by atoms with Crippen molar-refractivity contribution in [2.75, 3.05) is 6.54 Å². The third kappa shape index (κ3) is 3.79. The highest BCUT2D eigenvalue weighted by molar-refractivity contribution is 5.85. The van der Waals surface area contributed by atoms with Crippen LogP contribution in [0.25, 0.3) is 0 Å². The van der Waals surface area contributed by atoms with E-state index in [1.54, 1.807) is 0 Å². The van der Waals surface area contributed by atoms with Gasteiger partial charge in [0.15, 0.2) is 0 Å². The van der Waals surface area contributed by atoms with Crippen LogP contribution in [-0.2, 0) is 4.79 Å². The van der Waals surface area contributed by atoms with Crippen LogP contribution in [0.15, 0.2) is 24.5 Å². The predicted molar refractivity (Wildman–Crippen MR) is 89.7 cm³/mol. The molecule has 3 atom stereocenters. The molecule has 1 saturated heterocycles. The molecule has 3 unspecified atom stereocenters. The number of carbonyl (C=O) groups is 1. The van der Waals surface area contributed by atoms with Crippen LogP contribution in [0.1, 0.15) is 56.6 Å². The molecular weight excluding hydrogens is 298 g/mol. The van der Waals surface area contributed by atoms with Crippen molar-refractivity contribution in [3.05, 3.63) is 30.1 Å². The second-order valence-electron chi connectivity index (χ2n) is 6.44. The molecule has 0 radical (unpaired) electrons. The summed E-state index contributed by atoms with van der Waals surface area (Å²) >= 11 is 0. The molecule has 22 heavy (non-hydrogen) atoms. The van der Waals surface area contributed by atoms with Crippen LogP contribution in [-0.4, -0.2) is 28.4 Å². The number of likely N-dealkylation sites (tertiary alicyclic amines) is 1. The van der Waals surface area contributed by atoms with Crippen LogP contribution in [0, 0.1) is 5.92 Å². The van der Waals surface area contributed by atoms with Crippen molar-refractivity contribution in [2.45, 2.75) is 57.0 Å². The summed E-state index contributed by atoms with van der Waals surface area (Å²) in [6.45, 7) is 0.883. The van der Waals surface area contributed by atoms with Gasteiger partial charge in [-0.05, 0) is 49.3 Å². The Hall–Kier alpha value is -1.13. The van der Waals surface area contributed by atoms with Gasteiger partial charge in [0, 0.05) is 31.4 Å². The number of hydrogen-bond acceptors (Lipinski definition) is 3. The topological polar surface area (TPSA) is 59.2 Å². The first-order chi connectivity index (χ1) is 10.3. The molecule has 1 aliphatic carbocycles. The zero-order chi connectivity index (χ0) is 14.7. The molecule has 1 aliphatic heterocycles. The molecule has 2 fully saturated rings. The number of pyridine rings is 1. The van der Waals surface area contributed by atoms with Crippen molar-refractivity contribution in [3.63, 3.8) is 0 Å². The van der Waals surface area contributed by atoms with Gasteiger partial charge in [0.05, 0.1) is 6.04 Å². The molecule has 3 rings (SSSR count). The number of halogens is 1. The van der Waals surface area contributed by atoms with Crippen molar-refractivity contribution in [1.29, 1.82) is 0 Å². The minimum absolute atomic E-state index is 0. The number of aromatic nitrogens is 1. The van der Waals surface area contributed by atoms with Crippen LogP contribution in [0.5, 0.6) is 0 Å². The van der Waals surface area contributed by atoms with Crippen molar-refractivity contribution < 1.29 is 4.79 Å². The molecule has 1 amide bonds. The maximum absolute atomic E-state index is 12.7. The average Bonchev–Trinajstić information content (AvgIpc) is 3.00. The number of nitrogens with two attached hydrogens (primary N) is 1. The minimum atomic E-state index is 0. The minimum Gasteiger partial charge on any atom is -0.336 e. The SMILES string of the molecule is Cl.NC1CCCCC1CC(=O)N1CCCC1c1ccncc1. The number of rotatable bonds is 3. The highest BCUT2D eigenvalue weighted by atomic mass is 35.5. The molecule has 1 saturated carbocycles. The van der Waals surface area contributed by atoms with Crippen molar-refractivity contribution in [1.82, 2.24) is 9.88 Å². The summed E-state index contributed by atoms with van der Waals surface area (Å²) in [4.78, 5) is 18.8. The van der Waals surface area contributed by atoms with Gasteiger partial charge in [-0.1, -0.05) is 12.8 Å². The molecule has 0 aromatic carbocycles. The lowest BCUT2D eigenvalue weighted by Crippen LogP contribution is -2.38. The molecule has 2 aliphatic rings. The van der Waals surface area contributed by atoms with Gasteiger partial charge in [0.25, 0.3) is 0 Å². The van der Waals surface area contributed by atoms with E-state index in [4.69, 9.17) is 5.73 Å². The van der Waals surface area contributed by atoms with E-state index in [1.807, 2.05) is 24.5 Å². The lowest BCUT2D eigenvalue weighted by molar-refractivity contribution is -0.133. The maximum atomic E-state index is 12.7. The van der Waals surface area contributed by atoms with E-state index in [0.29, 0.717) is 12.3 Å².